The second kappa shape index (κ2) is 19.5. The molecule has 1 rings (SSSR count). The van der Waals surface area contributed by atoms with Gasteiger partial charge in [0.2, 0.25) is 0 Å². The van der Waals surface area contributed by atoms with Gasteiger partial charge in [0, 0.05) is 19.3 Å². The molecule has 0 unspecified atom stereocenters. The fourth-order valence-corrected chi connectivity index (χ4v) is 2.79. The van der Waals surface area contributed by atoms with Gasteiger partial charge in [0.15, 0.2) is 0 Å². The summed E-state index contributed by atoms with van der Waals surface area (Å²) >= 11 is 0. The Bertz CT molecular complexity index is 623. The van der Waals surface area contributed by atoms with E-state index in [1.165, 1.54) is 0 Å². The minimum Gasteiger partial charge on any atom is -0.444 e. The number of carbonyl (C=O) groups excluding carboxylic acids is 1. The number of aliphatic hydroxyl groups excluding tert-OH is 1. The number of hydrogen-bond donors (Lipinski definition) is 2. The molecule has 1 heterocycles. The normalized spacial score (nSPS) is 11.6. The maximum absolute atomic E-state index is 11.5. The maximum Gasteiger partial charge on any atom is 0.407 e. The Balaban J connectivity index is 1.82. The van der Waals surface area contributed by atoms with Crippen LogP contribution < -0.4 is 5.32 Å². The van der Waals surface area contributed by atoms with Gasteiger partial charge in [-0.3, -0.25) is 0 Å². The molecule has 1 aromatic rings. The summed E-state index contributed by atoms with van der Waals surface area (Å²) in [4.78, 5) is 11.5. The third kappa shape index (κ3) is 18.6. The minimum atomic E-state index is -0.503. The number of rotatable bonds is 21. The van der Waals surface area contributed by atoms with Crippen LogP contribution in [-0.2, 0) is 36.6 Å². The number of aliphatic hydroxyl groups is 1. The second-order valence-corrected chi connectivity index (χ2v) is 8.74. The Morgan fingerprint density at radius 3 is 2.12 bits per heavy atom. The molecule has 0 saturated carbocycles. The van der Waals surface area contributed by atoms with Gasteiger partial charge in [0.05, 0.1) is 65.1 Å². The van der Waals surface area contributed by atoms with Crippen molar-refractivity contribution in [2.75, 3.05) is 66.0 Å². The van der Waals surface area contributed by atoms with Gasteiger partial charge in [0.25, 0.3) is 0 Å². The van der Waals surface area contributed by atoms with E-state index in [-0.39, 0.29) is 6.61 Å². The summed E-state index contributed by atoms with van der Waals surface area (Å²) in [7, 11) is 0. The highest BCUT2D eigenvalue weighted by molar-refractivity contribution is 5.67. The molecule has 2 N–H and O–H groups in total. The van der Waals surface area contributed by atoms with Crippen molar-refractivity contribution in [3.63, 3.8) is 0 Å². The van der Waals surface area contributed by atoms with Crippen LogP contribution in [0.1, 0.15) is 52.1 Å². The molecule has 11 heteroatoms. The van der Waals surface area contributed by atoms with E-state index in [0.717, 1.165) is 37.8 Å². The summed E-state index contributed by atoms with van der Waals surface area (Å²) in [5.41, 5.74) is 0.493. The number of aryl methyl sites for hydroxylation is 1. The molecule has 0 aromatic carbocycles. The fraction of sp³-hybridized carbons (Fsp3) is 0.870. The third-order valence-electron chi connectivity index (χ3n) is 4.42. The van der Waals surface area contributed by atoms with Gasteiger partial charge in [-0.25, -0.2) is 9.48 Å². The van der Waals surface area contributed by atoms with Crippen LogP contribution in [0.5, 0.6) is 0 Å². The lowest BCUT2D eigenvalue weighted by Gasteiger charge is -2.19. The summed E-state index contributed by atoms with van der Waals surface area (Å²) in [5.74, 6) is 0. The van der Waals surface area contributed by atoms with Crippen LogP contribution in [0.25, 0.3) is 0 Å². The van der Waals surface area contributed by atoms with Gasteiger partial charge in [-0.15, -0.1) is 5.10 Å². The van der Waals surface area contributed by atoms with Crippen molar-refractivity contribution in [3.8, 4) is 0 Å². The van der Waals surface area contributed by atoms with E-state index in [1.807, 2.05) is 27.0 Å². The number of carbonyl (C=O) groups is 1. The molecular weight excluding hydrogens is 444 g/mol. The molecule has 1 aromatic heterocycles. The predicted molar refractivity (Wildman–Crippen MR) is 127 cm³/mol. The lowest BCUT2D eigenvalue weighted by atomic mass is 10.1. The summed E-state index contributed by atoms with van der Waals surface area (Å²) in [5, 5.41) is 19.7. The van der Waals surface area contributed by atoms with Crippen LogP contribution in [0.2, 0.25) is 0 Å². The molecular formula is C23H44N4O7. The van der Waals surface area contributed by atoms with Crippen LogP contribution in [0, 0.1) is 0 Å². The summed E-state index contributed by atoms with van der Waals surface area (Å²) < 4.78 is 28.8. The van der Waals surface area contributed by atoms with Crippen molar-refractivity contribution in [2.24, 2.45) is 0 Å². The third-order valence-corrected chi connectivity index (χ3v) is 4.42. The standard InChI is InChI=1S/C23H44N4O7/c1-23(2,3)34-22(29)24-9-12-30-14-16-32-18-19-33-17-15-31-13-10-27-20-21(25-26-27)8-6-4-5-7-11-28/h20,28H,4-19H2,1-3H3,(H,24,29). The Labute approximate surface area is 203 Å². The molecule has 0 spiro atoms. The van der Waals surface area contributed by atoms with Crippen molar-refractivity contribution in [3.05, 3.63) is 11.9 Å². The topological polar surface area (TPSA) is 126 Å². The van der Waals surface area contributed by atoms with E-state index >= 15 is 0 Å². The zero-order valence-electron chi connectivity index (χ0n) is 21.1. The van der Waals surface area contributed by atoms with E-state index in [2.05, 4.69) is 15.6 Å². The highest BCUT2D eigenvalue weighted by Crippen LogP contribution is 2.06. The Hall–Kier alpha value is -1.79. The molecule has 0 atom stereocenters. The first kappa shape index (κ1) is 30.2. The molecule has 0 fully saturated rings. The Kier molecular flexibility index (Phi) is 17.4. The first-order valence-electron chi connectivity index (χ1n) is 12.2. The summed E-state index contributed by atoms with van der Waals surface area (Å²) in [6.45, 7) is 10.6. The molecule has 1 amide bonds. The number of ether oxygens (including phenoxy) is 5. The quantitative estimate of drug-likeness (QED) is 0.250. The lowest BCUT2D eigenvalue weighted by molar-refractivity contribution is -0.00276. The van der Waals surface area contributed by atoms with Crippen molar-refractivity contribution in [2.45, 2.75) is 65.0 Å². The molecule has 0 aliphatic heterocycles. The molecule has 0 aliphatic carbocycles. The minimum absolute atomic E-state index is 0.268. The van der Waals surface area contributed by atoms with E-state index < -0.39 is 11.7 Å². The van der Waals surface area contributed by atoms with Gasteiger partial charge >= 0.3 is 6.09 Å². The van der Waals surface area contributed by atoms with E-state index in [9.17, 15) is 4.79 Å². The largest absolute Gasteiger partial charge is 0.444 e. The number of alkyl carbamates (subject to hydrolysis) is 1. The maximum atomic E-state index is 11.5. The van der Waals surface area contributed by atoms with Gasteiger partial charge in [0.1, 0.15) is 5.60 Å². The zero-order valence-corrected chi connectivity index (χ0v) is 21.1. The van der Waals surface area contributed by atoms with Gasteiger partial charge < -0.3 is 34.1 Å². The van der Waals surface area contributed by atoms with Crippen molar-refractivity contribution in [1.29, 1.82) is 0 Å². The average molecular weight is 489 g/mol. The second-order valence-electron chi connectivity index (χ2n) is 8.74. The first-order valence-corrected chi connectivity index (χ1v) is 12.2. The average Bonchev–Trinajstić information content (AvgIpc) is 3.22. The van der Waals surface area contributed by atoms with E-state index in [0.29, 0.717) is 65.9 Å². The van der Waals surface area contributed by atoms with E-state index in [4.69, 9.17) is 28.8 Å². The molecule has 0 saturated heterocycles. The SMILES string of the molecule is CC(C)(C)OC(=O)NCCOCCOCCOCCOCCn1cc(CCCCCCO)nn1. The lowest BCUT2D eigenvalue weighted by Crippen LogP contribution is -2.34. The van der Waals surface area contributed by atoms with Crippen molar-refractivity contribution in [1.82, 2.24) is 20.3 Å². The Morgan fingerprint density at radius 1 is 0.912 bits per heavy atom. The Morgan fingerprint density at radius 2 is 1.50 bits per heavy atom. The van der Waals surface area contributed by atoms with Crippen LogP contribution >= 0.6 is 0 Å². The highest BCUT2D eigenvalue weighted by atomic mass is 16.6. The molecule has 198 valence electrons. The van der Waals surface area contributed by atoms with Crippen LogP contribution in [0.4, 0.5) is 4.79 Å². The summed E-state index contributed by atoms with van der Waals surface area (Å²) in [6.07, 6.45) is 6.52. The molecule has 11 nitrogen and oxygen atoms in total. The molecule has 0 bridgehead atoms. The van der Waals surface area contributed by atoms with Gasteiger partial charge in [-0.05, 0) is 40.0 Å². The van der Waals surface area contributed by atoms with E-state index in [1.54, 1.807) is 4.68 Å². The first-order chi connectivity index (χ1) is 16.4. The van der Waals surface area contributed by atoms with Crippen LogP contribution in [-0.4, -0.2) is 97.8 Å². The number of nitrogens with zero attached hydrogens (tertiary/aromatic N) is 3. The van der Waals surface area contributed by atoms with Crippen molar-refractivity contribution >= 4 is 6.09 Å². The number of amides is 1. The van der Waals surface area contributed by atoms with Gasteiger partial charge in [-0.1, -0.05) is 18.1 Å². The smallest absolute Gasteiger partial charge is 0.407 e. The van der Waals surface area contributed by atoms with Crippen molar-refractivity contribution < 1.29 is 33.6 Å². The monoisotopic (exact) mass is 488 g/mol. The highest BCUT2D eigenvalue weighted by Gasteiger charge is 2.15. The number of nitrogens with one attached hydrogen (secondary N) is 1. The number of unbranched alkanes of at least 4 members (excludes halogenated alkanes) is 3. The van der Waals surface area contributed by atoms with Crippen LogP contribution in [0.15, 0.2) is 6.20 Å². The molecule has 34 heavy (non-hydrogen) atoms. The molecule has 0 aliphatic rings. The zero-order chi connectivity index (χ0) is 24.9. The fourth-order valence-electron chi connectivity index (χ4n) is 2.79. The van der Waals surface area contributed by atoms with Crippen LogP contribution in [0.3, 0.4) is 0 Å². The van der Waals surface area contributed by atoms with Gasteiger partial charge in [-0.2, -0.15) is 0 Å². The molecule has 0 radical (unpaired) electrons. The predicted octanol–water partition coefficient (Wildman–Crippen LogP) is 1.96. The number of hydrogen-bond acceptors (Lipinski definition) is 9. The number of aromatic nitrogens is 3. The summed E-state index contributed by atoms with van der Waals surface area (Å²) in [6, 6.07) is 0.